The smallest absolute Gasteiger partial charge is 0.165 e. The summed E-state index contributed by atoms with van der Waals surface area (Å²) in [5.74, 6) is 1.45. The third kappa shape index (κ3) is 5.72. The predicted octanol–water partition coefficient (Wildman–Crippen LogP) is 7.59. The maximum Gasteiger partial charge on any atom is 0.165 e. The largest absolute Gasteiger partial charge is 0.489 e. The van der Waals surface area contributed by atoms with Crippen molar-refractivity contribution in [1.82, 2.24) is 0 Å². The fourth-order valence-corrected chi connectivity index (χ4v) is 4.31. The van der Waals surface area contributed by atoms with Gasteiger partial charge in [-0.15, -0.1) is 0 Å². The summed E-state index contributed by atoms with van der Waals surface area (Å²) in [4.78, 5) is 2.14. The fourth-order valence-electron chi connectivity index (χ4n) is 4.31. The molecule has 176 valence electrons. The van der Waals surface area contributed by atoms with Crippen molar-refractivity contribution >= 4 is 11.4 Å². The molecule has 0 amide bonds. The van der Waals surface area contributed by atoms with Gasteiger partial charge in [-0.05, 0) is 78.9 Å². The Labute approximate surface area is 206 Å². The summed E-state index contributed by atoms with van der Waals surface area (Å²) in [6.07, 6.45) is 2.83. The van der Waals surface area contributed by atoms with Crippen LogP contribution in [-0.4, -0.2) is 6.73 Å². The lowest BCUT2D eigenvalue weighted by molar-refractivity contribution is 0.304. The maximum atomic E-state index is 13.5. The number of rotatable bonds is 9. The van der Waals surface area contributed by atoms with Gasteiger partial charge >= 0.3 is 0 Å². The van der Waals surface area contributed by atoms with Gasteiger partial charge in [0.25, 0.3) is 0 Å². The van der Waals surface area contributed by atoms with Gasteiger partial charge in [0, 0.05) is 11.3 Å². The minimum atomic E-state index is -0.241. The van der Waals surface area contributed by atoms with Crippen LogP contribution in [0.5, 0.6) is 5.75 Å². The molecule has 0 atom stereocenters. The molecule has 0 saturated heterocycles. The van der Waals surface area contributed by atoms with E-state index in [1.807, 2.05) is 48.5 Å². The normalized spacial score (nSPS) is 13.1. The molecule has 1 heterocycles. The first-order chi connectivity index (χ1) is 17.3. The molecule has 3 nitrogen and oxygen atoms in total. The summed E-state index contributed by atoms with van der Waals surface area (Å²) in [6.45, 7) is 0.941. The van der Waals surface area contributed by atoms with Crippen LogP contribution in [0.3, 0.4) is 0 Å². The highest BCUT2D eigenvalue weighted by molar-refractivity contribution is 5.71. The van der Waals surface area contributed by atoms with E-state index in [1.54, 1.807) is 12.1 Å². The van der Waals surface area contributed by atoms with Crippen LogP contribution in [0.25, 0.3) is 5.76 Å². The van der Waals surface area contributed by atoms with Crippen LogP contribution in [0.4, 0.5) is 10.1 Å². The van der Waals surface area contributed by atoms with Gasteiger partial charge in [0.05, 0.1) is 5.70 Å². The van der Waals surface area contributed by atoms with Gasteiger partial charge in [0.1, 0.15) is 23.9 Å². The van der Waals surface area contributed by atoms with E-state index in [2.05, 4.69) is 41.3 Å². The van der Waals surface area contributed by atoms with Gasteiger partial charge in [-0.2, -0.15) is 0 Å². The Morgan fingerprint density at radius 3 is 2.06 bits per heavy atom. The SMILES string of the molecule is Fc1ccc(N2COC(c3ccc(OCc4ccccc4)cc3)=C2CCCc2ccccc2)cc1. The second-order valence-electron chi connectivity index (χ2n) is 8.59. The van der Waals surface area contributed by atoms with Crippen molar-refractivity contribution in [3.63, 3.8) is 0 Å². The number of benzene rings is 4. The van der Waals surface area contributed by atoms with Crippen molar-refractivity contribution in [2.75, 3.05) is 11.6 Å². The average Bonchev–Trinajstić information content (AvgIpc) is 3.33. The molecule has 0 unspecified atom stereocenters. The Balaban J connectivity index is 1.35. The molecule has 4 aromatic carbocycles. The molecule has 0 aromatic heterocycles. The Bertz CT molecular complexity index is 1250. The zero-order chi connectivity index (χ0) is 23.9. The quantitative estimate of drug-likeness (QED) is 0.254. The number of nitrogens with zero attached hydrogens (tertiary/aromatic N) is 1. The number of hydrogen-bond donors (Lipinski definition) is 0. The first-order valence-electron chi connectivity index (χ1n) is 12.0. The zero-order valence-corrected chi connectivity index (χ0v) is 19.6. The van der Waals surface area contributed by atoms with Crippen molar-refractivity contribution in [3.8, 4) is 5.75 Å². The number of ether oxygens (including phenoxy) is 2. The third-order valence-corrected chi connectivity index (χ3v) is 6.15. The topological polar surface area (TPSA) is 21.7 Å². The van der Waals surface area contributed by atoms with Gasteiger partial charge in [0.2, 0.25) is 0 Å². The second-order valence-corrected chi connectivity index (χ2v) is 8.59. The standard InChI is InChI=1S/C31H28FNO2/c32-27-16-18-28(19-17-27)33-23-35-31(30(33)13-7-12-24-8-3-1-4-9-24)26-14-20-29(21-15-26)34-22-25-10-5-2-6-11-25/h1-6,8-11,14-21H,7,12-13,22-23H2. The lowest BCUT2D eigenvalue weighted by Crippen LogP contribution is -2.19. The summed E-state index contributed by atoms with van der Waals surface area (Å²) in [5.41, 5.74) is 5.51. The van der Waals surface area contributed by atoms with Gasteiger partial charge in [0.15, 0.2) is 6.73 Å². The number of hydrogen-bond acceptors (Lipinski definition) is 3. The van der Waals surface area contributed by atoms with Crippen LogP contribution in [0.1, 0.15) is 29.5 Å². The molecular formula is C31H28FNO2. The molecule has 0 radical (unpaired) electrons. The van der Waals surface area contributed by atoms with Gasteiger partial charge in [-0.25, -0.2) is 4.39 Å². The van der Waals surface area contributed by atoms with Crippen LogP contribution in [0, 0.1) is 5.82 Å². The van der Waals surface area contributed by atoms with E-state index < -0.39 is 0 Å². The van der Waals surface area contributed by atoms with E-state index in [4.69, 9.17) is 9.47 Å². The average molecular weight is 466 g/mol. The van der Waals surface area contributed by atoms with Crippen molar-refractivity contribution in [2.45, 2.75) is 25.9 Å². The molecule has 1 aliphatic rings. The molecule has 1 aliphatic heterocycles. The highest BCUT2D eigenvalue weighted by atomic mass is 19.1. The third-order valence-electron chi connectivity index (χ3n) is 6.15. The summed E-state index contributed by atoms with van der Waals surface area (Å²) in [6, 6.07) is 35.3. The van der Waals surface area contributed by atoms with E-state index in [1.165, 1.54) is 17.7 Å². The summed E-state index contributed by atoms with van der Waals surface area (Å²) in [7, 11) is 0. The van der Waals surface area contributed by atoms with E-state index in [9.17, 15) is 4.39 Å². The monoisotopic (exact) mass is 465 g/mol. The molecular weight excluding hydrogens is 437 g/mol. The summed E-state index contributed by atoms with van der Waals surface area (Å²) < 4.78 is 25.7. The highest BCUT2D eigenvalue weighted by Gasteiger charge is 2.26. The first-order valence-corrected chi connectivity index (χ1v) is 12.0. The van der Waals surface area contributed by atoms with E-state index >= 15 is 0 Å². The molecule has 0 aliphatic carbocycles. The predicted molar refractivity (Wildman–Crippen MR) is 138 cm³/mol. The zero-order valence-electron chi connectivity index (χ0n) is 19.6. The van der Waals surface area contributed by atoms with E-state index in [0.29, 0.717) is 13.3 Å². The van der Waals surface area contributed by atoms with Crippen LogP contribution in [0.2, 0.25) is 0 Å². The lowest BCUT2D eigenvalue weighted by Gasteiger charge is -2.20. The lowest BCUT2D eigenvalue weighted by atomic mass is 10.0. The van der Waals surface area contributed by atoms with E-state index in [-0.39, 0.29) is 5.82 Å². The molecule has 0 bridgehead atoms. The molecule has 4 heteroatoms. The minimum Gasteiger partial charge on any atom is -0.489 e. The van der Waals surface area contributed by atoms with Gasteiger partial charge in [-0.1, -0.05) is 60.7 Å². The molecule has 0 spiro atoms. The molecule has 35 heavy (non-hydrogen) atoms. The summed E-state index contributed by atoms with van der Waals surface area (Å²) >= 11 is 0. The Hall–Kier alpha value is -4.05. The number of anilines is 1. The van der Waals surface area contributed by atoms with Gasteiger partial charge in [-0.3, -0.25) is 0 Å². The van der Waals surface area contributed by atoms with Crippen LogP contribution >= 0.6 is 0 Å². The van der Waals surface area contributed by atoms with Crippen molar-refractivity contribution in [3.05, 3.63) is 137 Å². The van der Waals surface area contributed by atoms with Crippen LogP contribution in [-0.2, 0) is 17.8 Å². The molecule has 5 rings (SSSR count). The number of allylic oxidation sites excluding steroid dienone is 1. The van der Waals surface area contributed by atoms with Crippen molar-refractivity contribution < 1.29 is 13.9 Å². The Morgan fingerprint density at radius 2 is 1.37 bits per heavy atom. The first kappa shape index (κ1) is 22.7. The van der Waals surface area contributed by atoms with E-state index in [0.717, 1.165) is 53.3 Å². The fraction of sp³-hybridized carbons (Fsp3) is 0.161. The number of halogens is 1. The minimum absolute atomic E-state index is 0.241. The van der Waals surface area contributed by atoms with Crippen LogP contribution < -0.4 is 9.64 Å². The van der Waals surface area contributed by atoms with Crippen molar-refractivity contribution in [2.24, 2.45) is 0 Å². The molecule has 0 N–H and O–H groups in total. The highest BCUT2D eigenvalue weighted by Crippen LogP contribution is 2.36. The van der Waals surface area contributed by atoms with Gasteiger partial charge < -0.3 is 14.4 Å². The second kappa shape index (κ2) is 10.9. The Morgan fingerprint density at radius 1 is 0.714 bits per heavy atom. The molecule has 0 saturated carbocycles. The van der Waals surface area contributed by atoms with Crippen LogP contribution in [0.15, 0.2) is 115 Å². The summed E-state index contributed by atoms with van der Waals surface area (Å²) in [5, 5.41) is 0. The Kier molecular flexibility index (Phi) is 7.09. The maximum absolute atomic E-state index is 13.5. The molecule has 4 aromatic rings. The van der Waals surface area contributed by atoms with Crippen molar-refractivity contribution in [1.29, 1.82) is 0 Å². The number of aryl methyl sites for hydroxylation is 1. The molecule has 0 fully saturated rings.